The van der Waals surface area contributed by atoms with E-state index in [1.165, 1.54) is 12.5 Å². The lowest BCUT2D eigenvalue weighted by Gasteiger charge is -2.69. The molecule has 8 heteroatoms. The normalized spacial score (nSPS) is 39.5. The maximum atomic E-state index is 14.1. The fraction of sp³-hybridized carbons (Fsp3) is 0.842. The lowest BCUT2D eigenvalue weighted by Crippen LogP contribution is -2.65. The molecule has 4 aliphatic rings. The Kier molecular flexibility index (Phi) is 12.3. The number of aliphatic hydroxyl groups excluding tert-OH is 2. The summed E-state index contributed by atoms with van der Waals surface area (Å²) >= 11 is 0. The van der Waals surface area contributed by atoms with Crippen molar-refractivity contribution in [2.24, 2.45) is 45.7 Å². The van der Waals surface area contributed by atoms with Gasteiger partial charge in [0.25, 0.3) is 0 Å². The summed E-state index contributed by atoms with van der Waals surface area (Å²) in [5, 5.41) is 29.6. The first kappa shape index (κ1) is 37.1. The van der Waals surface area contributed by atoms with Crippen molar-refractivity contribution in [1.29, 1.82) is 0 Å². The number of ether oxygens (including phenoxy) is 1. The number of esters is 1. The third-order valence-corrected chi connectivity index (χ3v) is 13.2. The predicted molar refractivity (Wildman–Crippen MR) is 184 cm³/mol. The van der Waals surface area contributed by atoms with E-state index >= 15 is 0 Å². The van der Waals surface area contributed by atoms with Gasteiger partial charge >= 0.3 is 5.97 Å². The van der Waals surface area contributed by atoms with Crippen LogP contribution in [0.15, 0.2) is 22.8 Å². The van der Waals surface area contributed by atoms with Gasteiger partial charge < -0.3 is 31.3 Å². The van der Waals surface area contributed by atoms with Gasteiger partial charge in [-0.1, -0.05) is 39.3 Å². The Morgan fingerprint density at radius 1 is 0.978 bits per heavy atom. The summed E-state index contributed by atoms with van der Waals surface area (Å²) in [6.07, 6.45) is 9.94. The first-order valence-corrected chi connectivity index (χ1v) is 18.3. The minimum atomic E-state index is -0.531. The molecule has 0 radical (unpaired) electrons. The smallest absolute Gasteiger partial charge is 0.303 e. The number of carbonyl (C=O) groups is 2. The number of fused-ring (bicyclic) bond motifs is 5. The van der Waals surface area contributed by atoms with Crippen LogP contribution >= 0.6 is 0 Å². The first-order valence-electron chi connectivity index (χ1n) is 18.3. The molecule has 0 saturated heterocycles. The minimum absolute atomic E-state index is 0.0588. The van der Waals surface area contributed by atoms with E-state index in [0.717, 1.165) is 75.6 Å². The largest absolute Gasteiger partial charge is 0.458 e. The van der Waals surface area contributed by atoms with Gasteiger partial charge in [0.2, 0.25) is 5.91 Å². The van der Waals surface area contributed by atoms with E-state index in [1.807, 2.05) is 0 Å². The molecule has 262 valence electrons. The summed E-state index contributed by atoms with van der Waals surface area (Å²) in [4.78, 5) is 26.7. The Balaban J connectivity index is 1.68. The number of hydrogen-bond acceptors (Lipinski definition) is 7. The molecule has 0 aromatic carbocycles. The summed E-state index contributed by atoms with van der Waals surface area (Å²) < 4.78 is 6.13. The van der Waals surface area contributed by atoms with Crippen LogP contribution in [0.25, 0.3) is 0 Å². The Hall–Kier alpha value is -1.74. The Labute approximate surface area is 278 Å². The molecule has 4 aliphatic carbocycles. The van der Waals surface area contributed by atoms with Gasteiger partial charge in [-0.15, -0.1) is 0 Å². The molecule has 4 rings (SSSR count). The van der Waals surface area contributed by atoms with E-state index in [1.54, 1.807) is 0 Å². The van der Waals surface area contributed by atoms with Crippen LogP contribution in [0.2, 0.25) is 0 Å². The van der Waals surface area contributed by atoms with Crippen LogP contribution in [-0.2, 0) is 14.3 Å². The molecule has 8 nitrogen and oxygen atoms in total. The van der Waals surface area contributed by atoms with E-state index in [0.29, 0.717) is 38.3 Å². The molecular formula is C38H65N3O5. The highest BCUT2D eigenvalue weighted by Crippen LogP contribution is 2.74. The van der Waals surface area contributed by atoms with Crippen molar-refractivity contribution >= 4 is 11.9 Å². The molecule has 46 heavy (non-hydrogen) atoms. The third-order valence-electron chi connectivity index (χ3n) is 13.2. The molecule has 4 fully saturated rings. The number of nitrogens with two attached hydrogens (primary N) is 1. The molecule has 0 spiro atoms. The van der Waals surface area contributed by atoms with Crippen LogP contribution < -0.4 is 16.4 Å². The second kappa shape index (κ2) is 15.2. The van der Waals surface area contributed by atoms with Gasteiger partial charge in [0.15, 0.2) is 0 Å². The van der Waals surface area contributed by atoms with E-state index in [2.05, 4.69) is 58.3 Å². The quantitative estimate of drug-likeness (QED) is 0.0784. The van der Waals surface area contributed by atoms with Crippen LogP contribution in [0.1, 0.15) is 119 Å². The number of unbranched alkanes of at least 4 members (excludes halogenated alkanes) is 1. The summed E-state index contributed by atoms with van der Waals surface area (Å²) in [7, 11) is 0. The predicted octanol–water partition coefficient (Wildman–Crippen LogP) is 5.42. The van der Waals surface area contributed by atoms with Crippen molar-refractivity contribution in [3.05, 3.63) is 22.8 Å². The highest BCUT2D eigenvalue weighted by molar-refractivity contribution is 5.94. The van der Waals surface area contributed by atoms with E-state index in [-0.39, 0.29) is 52.0 Å². The van der Waals surface area contributed by atoms with Gasteiger partial charge in [-0.3, -0.25) is 9.59 Å². The lowest BCUT2D eigenvalue weighted by molar-refractivity contribution is -0.234. The first-order chi connectivity index (χ1) is 21.7. The second-order valence-electron chi connectivity index (χ2n) is 16.2. The zero-order valence-electron chi connectivity index (χ0n) is 29.9. The topological polar surface area (TPSA) is 134 Å². The maximum absolute atomic E-state index is 14.1. The van der Waals surface area contributed by atoms with Gasteiger partial charge in [-0.2, -0.15) is 0 Å². The Bertz CT molecular complexity index is 1150. The van der Waals surface area contributed by atoms with Crippen LogP contribution in [0.5, 0.6) is 0 Å². The minimum Gasteiger partial charge on any atom is -0.458 e. The van der Waals surface area contributed by atoms with E-state index in [4.69, 9.17) is 10.5 Å². The standard InChI is InChI=1S/C38H65N3O5/c1-24(2)12-10-13-27(35(45)41-21-11-20-40-19-9-8-18-39)33-29-22-31(44)34-36(5)16-15-30(43)25(3)28(36)14-17-37(34,6)38(29,7)23-32(33)46-26(4)42/h12,25,28-32,34,40,43-44H,8-11,13-23,39H2,1-7H3,(H,41,45)/b33-27-/t25-,28?,29?,30+,31+,32-,34?,36-,37-,38-/m0/s1. The highest BCUT2D eigenvalue weighted by atomic mass is 16.5. The molecule has 0 bridgehead atoms. The van der Waals surface area contributed by atoms with Crippen LogP contribution in [0.3, 0.4) is 0 Å². The van der Waals surface area contributed by atoms with Gasteiger partial charge in [-0.25, -0.2) is 0 Å². The summed E-state index contributed by atoms with van der Waals surface area (Å²) in [5.41, 5.74) is 7.93. The number of carbonyl (C=O) groups excluding carboxylic acids is 2. The summed E-state index contributed by atoms with van der Waals surface area (Å²) in [6, 6.07) is 0. The number of hydrogen-bond donors (Lipinski definition) is 5. The van der Waals surface area contributed by atoms with Crippen molar-refractivity contribution in [2.45, 2.75) is 137 Å². The fourth-order valence-electron chi connectivity index (χ4n) is 10.8. The molecule has 0 aromatic heterocycles. The molecule has 6 N–H and O–H groups in total. The molecule has 3 unspecified atom stereocenters. The molecule has 1 amide bonds. The number of aliphatic hydroxyl groups is 2. The van der Waals surface area contributed by atoms with Crippen molar-refractivity contribution in [2.75, 3.05) is 26.2 Å². The average molecular weight is 644 g/mol. The van der Waals surface area contributed by atoms with Gasteiger partial charge in [0, 0.05) is 19.0 Å². The molecule has 4 saturated carbocycles. The van der Waals surface area contributed by atoms with Crippen LogP contribution in [-0.4, -0.2) is 66.6 Å². The van der Waals surface area contributed by atoms with E-state index in [9.17, 15) is 19.8 Å². The van der Waals surface area contributed by atoms with Gasteiger partial charge in [0.05, 0.1) is 12.2 Å². The van der Waals surface area contributed by atoms with Crippen molar-refractivity contribution in [1.82, 2.24) is 10.6 Å². The molecule has 10 atom stereocenters. The average Bonchev–Trinajstić information content (AvgIpc) is 3.25. The molecule has 0 aliphatic heterocycles. The van der Waals surface area contributed by atoms with Crippen molar-refractivity contribution < 1.29 is 24.5 Å². The zero-order chi connectivity index (χ0) is 33.9. The van der Waals surface area contributed by atoms with Crippen molar-refractivity contribution in [3.63, 3.8) is 0 Å². The van der Waals surface area contributed by atoms with E-state index < -0.39 is 12.2 Å². The number of nitrogens with one attached hydrogen (secondary N) is 2. The second-order valence-corrected chi connectivity index (χ2v) is 16.2. The Morgan fingerprint density at radius 2 is 1.70 bits per heavy atom. The SMILES string of the molecule is CC(=O)O[C@H]1C[C@@]2(C)C(C[C@@H](O)C3[C@@]4(C)CC[C@@H](O)[C@@H](C)C4CC[C@@]32C)/C1=C(\CCC=C(C)C)C(=O)NCCCNCCCCN. The van der Waals surface area contributed by atoms with Crippen molar-refractivity contribution in [3.8, 4) is 0 Å². The highest BCUT2D eigenvalue weighted by Gasteiger charge is 2.70. The molecule has 0 aromatic rings. The number of allylic oxidation sites excluding steroid dienone is 2. The van der Waals surface area contributed by atoms with Gasteiger partial charge in [-0.05, 0) is 150 Å². The summed E-state index contributed by atoms with van der Waals surface area (Å²) in [6.45, 7) is 17.9. The zero-order valence-corrected chi connectivity index (χ0v) is 29.9. The molecule has 0 heterocycles. The maximum Gasteiger partial charge on any atom is 0.303 e. The fourth-order valence-corrected chi connectivity index (χ4v) is 10.8. The Morgan fingerprint density at radius 3 is 2.37 bits per heavy atom. The number of rotatable bonds is 13. The molecular weight excluding hydrogens is 578 g/mol. The monoisotopic (exact) mass is 643 g/mol. The third kappa shape index (κ3) is 7.16. The van der Waals surface area contributed by atoms with Gasteiger partial charge in [0.1, 0.15) is 6.10 Å². The van der Waals surface area contributed by atoms with Crippen LogP contribution in [0, 0.1) is 39.9 Å². The number of amides is 1. The summed E-state index contributed by atoms with van der Waals surface area (Å²) in [5.74, 6) is 0.187. The lowest BCUT2D eigenvalue weighted by atomic mass is 9.36. The van der Waals surface area contributed by atoms with Crippen LogP contribution in [0.4, 0.5) is 0 Å².